The number of hydrogen-bond acceptors (Lipinski definition) is 4. The van der Waals surface area contributed by atoms with Crippen molar-refractivity contribution in [2.75, 3.05) is 7.11 Å². The summed E-state index contributed by atoms with van der Waals surface area (Å²) in [6.07, 6.45) is 0. The van der Waals surface area contributed by atoms with Crippen molar-refractivity contribution in [3.05, 3.63) is 40.2 Å². The van der Waals surface area contributed by atoms with Gasteiger partial charge in [-0.15, -0.1) is 0 Å². The number of H-pyrrole nitrogens is 1. The molecule has 2 N–H and O–H groups in total. The SMILES string of the molecule is COc1ccc(CNS(=O)(=O)c2c(C)n[nH]c2C)c(Cl)c1. The van der Waals surface area contributed by atoms with Gasteiger partial charge >= 0.3 is 0 Å². The van der Waals surface area contributed by atoms with Crippen LogP contribution in [0, 0.1) is 13.8 Å². The second-order valence-electron chi connectivity index (χ2n) is 4.55. The Morgan fingerprint density at radius 1 is 1.38 bits per heavy atom. The van der Waals surface area contributed by atoms with Crippen LogP contribution in [-0.2, 0) is 16.6 Å². The van der Waals surface area contributed by atoms with E-state index < -0.39 is 10.0 Å². The summed E-state index contributed by atoms with van der Waals surface area (Å²) in [5.74, 6) is 0.619. The Balaban J connectivity index is 2.20. The van der Waals surface area contributed by atoms with E-state index in [4.69, 9.17) is 16.3 Å². The molecule has 1 aromatic carbocycles. The summed E-state index contributed by atoms with van der Waals surface area (Å²) >= 11 is 6.09. The Morgan fingerprint density at radius 3 is 2.62 bits per heavy atom. The minimum atomic E-state index is -3.64. The van der Waals surface area contributed by atoms with Crippen molar-refractivity contribution >= 4 is 21.6 Å². The van der Waals surface area contributed by atoms with Crippen LogP contribution in [0.5, 0.6) is 5.75 Å². The molecule has 6 nitrogen and oxygen atoms in total. The zero-order valence-electron chi connectivity index (χ0n) is 11.9. The van der Waals surface area contributed by atoms with Crippen molar-refractivity contribution in [2.45, 2.75) is 25.3 Å². The molecular formula is C13H16ClN3O3S. The first kappa shape index (κ1) is 15.8. The lowest BCUT2D eigenvalue weighted by molar-refractivity contribution is 0.414. The van der Waals surface area contributed by atoms with Crippen LogP contribution in [-0.4, -0.2) is 25.7 Å². The topological polar surface area (TPSA) is 84.1 Å². The second-order valence-corrected chi connectivity index (χ2v) is 6.66. The summed E-state index contributed by atoms with van der Waals surface area (Å²) in [5.41, 5.74) is 1.60. The lowest BCUT2D eigenvalue weighted by Gasteiger charge is -2.09. The number of nitrogens with one attached hydrogen (secondary N) is 2. The van der Waals surface area contributed by atoms with E-state index in [0.29, 0.717) is 27.7 Å². The molecule has 8 heteroatoms. The van der Waals surface area contributed by atoms with Crippen LogP contribution in [0.25, 0.3) is 0 Å². The number of sulfonamides is 1. The van der Waals surface area contributed by atoms with Crippen molar-refractivity contribution < 1.29 is 13.2 Å². The van der Waals surface area contributed by atoms with E-state index in [1.165, 1.54) is 0 Å². The summed E-state index contributed by atoms with van der Waals surface area (Å²) < 4.78 is 32.2. The standard InChI is InChI=1S/C13H16ClN3O3S/c1-8-13(9(2)17-16-8)21(18,19)15-7-10-4-5-11(20-3)6-12(10)14/h4-6,15H,7H2,1-3H3,(H,16,17). The number of rotatable bonds is 5. The van der Waals surface area contributed by atoms with Gasteiger partial charge in [0, 0.05) is 11.6 Å². The van der Waals surface area contributed by atoms with E-state index in [2.05, 4.69) is 14.9 Å². The molecule has 0 spiro atoms. The summed E-state index contributed by atoms with van der Waals surface area (Å²) in [6, 6.07) is 5.09. The highest BCUT2D eigenvalue weighted by Crippen LogP contribution is 2.23. The number of methoxy groups -OCH3 is 1. The molecule has 0 amide bonds. The summed E-state index contributed by atoms with van der Waals surface area (Å²) in [4.78, 5) is 0.173. The number of hydrogen-bond donors (Lipinski definition) is 2. The molecule has 0 fully saturated rings. The van der Waals surface area contributed by atoms with E-state index in [1.807, 2.05) is 0 Å². The van der Waals surface area contributed by atoms with Gasteiger partial charge in [-0.3, -0.25) is 5.10 Å². The molecule has 0 aliphatic rings. The van der Waals surface area contributed by atoms with Gasteiger partial charge in [0.1, 0.15) is 10.6 Å². The van der Waals surface area contributed by atoms with Gasteiger partial charge in [0.05, 0.1) is 18.5 Å². The van der Waals surface area contributed by atoms with Crippen LogP contribution in [0.1, 0.15) is 17.0 Å². The molecular weight excluding hydrogens is 314 g/mol. The van der Waals surface area contributed by atoms with E-state index in [-0.39, 0.29) is 11.4 Å². The maximum atomic E-state index is 12.3. The maximum absolute atomic E-state index is 12.3. The van der Waals surface area contributed by atoms with Crippen molar-refractivity contribution in [3.63, 3.8) is 0 Å². The van der Waals surface area contributed by atoms with Crippen LogP contribution in [0.3, 0.4) is 0 Å². The Labute approximate surface area is 128 Å². The normalized spacial score (nSPS) is 11.6. The molecule has 0 unspecified atom stereocenters. The van der Waals surface area contributed by atoms with E-state index in [0.717, 1.165) is 0 Å². The zero-order valence-corrected chi connectivity index (χ0v) is 13.5. The van der Waals surface area contributed by atoms with E-state index in [9.17, 15) is 8.42 Å². The third kappa shape index (κ3) is 3.37. The minimum absolute atomic E-state index is 0.0925. The number of benzene rings is 1. The van der Waals surface area contributed by atoms with Crippen LogP contribution in [0.15, 0.2) is 23.1 Å². The molecule has 1 aromatic heterocycles. The number of aromatic amines is 1. The molecule has 2 aromatic rings. The highest BCUT2D eigenvalue weighted by molar-refractivity contribution is 7.89. The molecule has 0 saturated carbocycles. The number of aromatic nitrogens is 2. The van der Waals surface area contributed by atoms with Gasteiger partial charge in [-0.05, 0) is 31.5 Å². The maximum Gasteiger partial charge on any atom is 0.244 e. The highest BCUT2D eigenvalue weighted by Gasteiger charge is 2.22. The fraction of sp³-hybridized carbons (Fsp3) is 0.308. The van der Waals surface area contributed by atoms with Gasteiger partial charge < -0.3 is 4.74 Å². The smallest absolute Gasteiger partial charge is 0.244 e. The van der Waals surface area contributed by atoms with E-state index >= 15 is 0 Å². The first-order valence-electron chi connectivity index (χ1n) is 6.19. The van der Waals surface area contributed by atoms with Crippen molar-refractivity contribution in [2.24, 2.45) is 0 Å². The van der Waals surface area contributed by atoms with Crippen LogP contribution in [0.4, 0.5) is 0 Å². The number of nitrogens with zero attached hydrogens (tertiary/aromatic N) is 1. The number of halogens is 1. The van der Waals surface area contributed by atoms with Crippen molar-refractivity contribution in [1.29, 1.82) is 0 Å². The lowest BCUT2D eigenvalue weighted by atomic mass is 10.2. The van der Waals surface area contributed by atoms with Gasteiger partial charge in [0.15, 0.2) is 0 Å². The van der Waals surface area contributed by atoms with Gasteiger partial charge in [0.25, 0.3) is 0 Å². The first-order valence-corrected chi connectivity index (χ1v) is 8.05. The number of aryl methyl sites for hydroxylation is 2. The largest absolute Gasteiger partial charge is 0.497 e. The monoisotopic (exact) mass is 329 g/mol. The molecule has 114 valence electrons. The molecule has 1 heterocycles. The minimum Gasteiger partial charge on any atom is -0.497 e. The summed E-state index contributed by atoms with van der Waals surface area (Å²) in [7, 11) is -2.10. The molecule has 0 saturated heterocycles. The highest BCUT2D eigenvalue weighted by atomic mass is 35.5. The molecule has 0 aliphatic heterocycles. The number of ether oxygens (including phenoxy) is 1. The fourth-order valence-corrected chi connectivity index (χ4v) is 3.59. The summed E-state index contributed by atoms with van der Waals surface area (Å²) in [5, 5.41) is 6.99. The predicted octanol–water partition coefficient (Wildman–Crippen LogP) is 2.17. The second kappa shape index (κ2) is 6.05. The molecule has 0 bridgehead atoms. The van der Waals surface area contributed by atoms with Crippen LogP contribution >= 0.6 is 11.6 Å². The quantitative estimate of drug-likeness (QED) is 0.880. The average Bonchev–Trinajstić information content (AvgIpc) is 2.77. The van der Waals surface area contributed by atoms with E-state index in [1.54, 1.807) is 39.2 Å². The molecule has 0 aliphatic carbocycles. The Kier molecular flexibility index (Phi) is 4.55. The van der Waals surface area contributed by atoms with Crippen LogP contribution < -0.4 is 9.46 Å². The third-order valence-corrected chi connectivity index (χ3v) is 5.06. The van der Waals surface area contributed by atoms with Crippen LogP contribution in [0.2, 0.25) is 5.02 Å². The van der Waals surface area contributed by atoms with Gasteiger partial charge in [0.2, 0.25) is 10.0 Å². The average molecular weight is 330 g/mol. The first-order chi connectivity index (χ1) is 9.85. The fourth-order valence-electron chi connectivity index (χ4n) is 1.98. The Morgan fingerprint density at radius 2 is 2.10 bits per heavy atom. The molecule has 21 heavy (non-hydrogen) atoms. The van der Waals surface area contributed by atoms with Crippen molar-refractivity contribution in [3.8, 4) is 5.75 Å². The zero-order chi connectivity index (χ0) is 15.6. The summed E-state index contributed by atoms with van der Waals surface area (Å²) in [6.45, 7) is 3.39. The predicted molar refractivity (Wildman–Crippen MR) is 80.1 cm³/mol. The molecule has 2 rings (SSSR count). The Bertz CT molecular complexity index is 737. The molecule has 0 atom stereocenters. The third-order valence-electron chi connectivity index (χ3n) is 3.04. The Hall–Kier alpha value is -1.57. The van der Waals surface area contributed by atoms with Gasteiger partial charge in [-0.2, -0.15) is 5.10 Å². The van der Waals surface area contributed by atoms with Gasteiger partial charge in [-0.25, -0.2) is 13.1 Å². The van der Waals surface area contributed by atoms with Crippen molar-refractivity contribution in [1.82, 2.24) is 14.9 Å². The molecule has 0 radical (unpaired) electrons. The lowest BCUT2D eigenvalue weighted by Crippen LogP contribution is -2.24. The van der Waals surface area contributed by atoms with Gasteiger partial charge in [-0.1, -0.05) is 17.7 Å².